The fraction of sp³-hybridized carbons (Fsp3) is 0.692. The summed E-state index contributed by atoms with van der Waals surface area (Å²) in [6.45, 7) is 7.04. The number of nitrogens with one attached hydrogen (secondary N) is 3. The normalized spacial score (nSPS) is 11.7. The van der Waals surface area contributed by atoms with E-state index >= 15 is 0 Å². The van der Waals surface area contributed by atoms with E-state index in [9.17, 15) is 0 Å². The molecule has 0 saturated carbocycles. The van der Waals surface area contributed by atoms with Gasteiger partial charge >= 0.3 is 0 Å². The maximum atomic E-state index is 5.43. The van der Waals surface area contributed by atoms with Crippen LogP contribution in [0, 0.1) is 6.92 Å². The minimum absolute atomic E-state index is 0.630. The third-order valence-corrected chi connectivity index (χ3v) is 2.91. The van der Waals surface area contributed by atoms with Gasteiger partial charge in [0.15, 0.2) is 0 Å². The Bertz CT molecular complexity index is 390. The number of hydrogen-bond acceptors (Lipinski definition) is 4. The van der Waals surface area contributed by atoms with Gasteiger partial charge in [0.25, 0.3) is 0 Å². The number of nitrogens with zero attached hydrogens (tertiary/aromatic N) is 2. The van der Waals surface area contributed by atoms with Crippen molar-refractivity contribution in [2.75, 3.05) is 26.3 Å². The Morgan fingerprint density at radius 1 is 1.50 bits per heavy atom. The van der Waals surface area contributed by atoms with Crippen molar-refractivity contribution in [3.05, 3.63) is 17.5 Å². The molecule has 0 aliphatic carbocycles. The Hall–Kier alpha value is -1.60. The largest absolute Gasteiger partial charge is 0.382 e. The topological polar surface area (TPSA) is 100 Å². The van der Waals surface area contributed by atoms with Crippen molar-refractivity contribution in [3.8, 4) is 0 Å². The smallest absolute Gasteiger partial charge is 0.205 e. The fourth-order valence-corrected chi connectivity index (χ4v) is 1.77. The van der Waals surface area contributed by atoms with Crippen LogP contribution in [-0.2, 0) is 11.2 Å². The van der Waals surface area contributed by atoms with Crippen LogP contribution in [0.4, 0.5) is 0 Å². The highest BCUT2D eigenvalue weighted by molar-refractivity contribution is 5.79. The molecule has 0 atom stereocenters. The molecule has 0 aliphatic rings. The molecule has 1 aromatic heterocycles. The summed E-state index contributed by atoms with van der Waals surface area (Å²) in [5.74, 6) is 6.06. The van der Waals surface area contributed by atoms with E-state index in [0.29, 0.717) is 5.96 Å². The lowest BCUT2D eigenvalue weighted by Crippen LogP contribution is -2.42. The summed E-state index contributed by atoms with van der Waals surface area (Å²) < 4.78 is 5.26. The molecule has 0 aromatic carbocycles. The molecule has 114 valence electrons. The standard InChI is InChI=1S/C13H26N6O/c1-3-20-9-5-8-16-13(18-14)15-7-4-6-12-10-17-19-11(12)2/h10H,3-9,14H2,1-2H3,(H,17,19)(H2,15,16,18). The van der Waals surface area contributed by atoms with E-state index in [1.807, 2.05) is 20.0 Å². The summed E-state index contributed by atoms with van der Waals surface area (Å²) in [5.41, 5.74) is 4.95. The van der Waals surface area contributed by atoms with Gasteiger partial charge < -0.3 is 10.1 Å². The van der Waals surface area contributed by atoms with E-state index in [0.717, 1.165) is 51.3 Å². The molecule has 0 spiro atoms. The zero-order valence-electron chi connectivity index (χ0n) is 12.4. The number of aliphatic imine (C=N–C) groups is 1. The van der Waals surface area contributed by atoms with Crippen molar-refractivity contribution in [2.45, 2.75) is 33.1 Å². The van der Waals surface area contributed by atoms with Crippen LogP contribution in [0.5, 0.6) is 0 Å². The number of hydrogen-bond donors (Lipinski definition) is 4. The van der Waals surface area contributed by atoms with Crippen LogP contribution in [0.25, 0.3) is 0 Å². The van der Waals surface area contributed by atoms with Crippen LogP contribution in [0.15, 0.2) is 11.2 Å². The minimum atomic E-state index is 0.630. The molecule has 7 heteroatoms. The first-order chi connectivity index (χ1) is 9.77. The van der Waals surface area contributed by atoms with Crippen LogP contribution < -0.4 is 16.6 Å². The second kappa shape index (κ2) is 10.2. The summed E-state index contributed by atoms with van der Waals surface area (Å²) in [5, 5.41) is 10.1. The van der Waals surface area contributed by atoms with Crippen molar-refractivity contribution in [1.29, 1.82) is 0 Å². The van der Waals surface area contributed by atoms with Crippen LogP contribution in [-0.4, -0.2) is 42.5 Å². The highest BCUT2D eigenvalue weighted by Crippen LogP contribution is 2.05. The summed E-state index contributed by atoms with van der Waals surface area (Å²) in [6.07, 6.45) is 4.73. The van der Waals surface area contributed by atoms with E-state index in [2.05, 4.69) is 25.9 Å². The number of ether oxygens (including phenoxy) is 1. The van der Waals surface area contributed by atoms with Gasteiger partial charge in [-0.3, -0.25) is 15.5 Å². The summed E-state index contributed by atoms with van der Waals surface area (Å²) >= 11 is 0. The summed E-state index contributed by atoms with van der Waals surface area (Å²) in [7, 11) is 0. The van der Waals surface area contributed by atoms with E-state index < -0.39 is 0 Å². The van der Waals surface area contributed by atoms with Crippen LogP contribution >= 0.6 is 0 Å². The molecule has 1 heterocycles. The van der Waals surface area contributed by atoms with Crippen LogP contribution in [0.2, 0.25) is 0 Å². The van der Waals surface area contributed by atoms with Gasteiger partial charge in [0.05, 0.1) is 6.20 Å². The molecule has 0 unspecified atom stereocenters. The Balaban J connectivity index is 2.16. The lowest BCUT2D eigenvalue weighted by molar-refractivity contribution is 0.145. The van der Waals surface area contributed by atoms with E-state index in [-0.39, 0.29) is 0 Å². The molecule has 0 radical (unpaired) electrons. The molecular formula is C13H26N6O. The average Bonchev–Trinajstić information content (AvgIpc) is 2.86. The second-order valence-corrected chi connectivity index (χ2v) is 4.48. The van der Waals surface area contributed by atoms with Crippen LogP contribution in [0.1, 0.15) is 31.0 Å². The first kappa shape index (κ1) is 16.5. The number of rotatable bonds is 9. The number of H-pyrrole nitrogens is 1. The summed E-state index contributed by atoms with van der Waals surface area (Å²) in [4.78, 5) is 4.39. The molecule has 5 N–H and O–H groups in total. The molecular weight excluding hydrogens is 256 g/mol. The Kier molecular flexibility index (Phi) is 8.41. The molecule has 1 rings (SSSR count). The summed E-state index contributed by atoms with van der Waals surface area (Å²) in [6, 6.07) is 0. The maximum absolute atomic E-state index is 5.43. The number of hydrazine groups is 1. The molecule has 1 aromatic rings. The van der Waals surface area contributed by atoms with Crippen molar-refractivity contribution in [3.63, 3.8) is 0 Å². The lowest BCUT2D eigenvalue weighted by atomic mass is 10.1. The Morgan fingerprint density at radius 3 is 3.00 bits per heavy atom. The van der Waals surface area contributed by atoms with Gasteiger partial charge in [-0.15, -0.1) is 0 Å². The van der Waals surface area contributed by atoms with Gasteiger partial charge in [-0.05, 0) is 38.7 Å². The Labute approximate surface area is 120 Å². The van der Waals surface area contributed by atoms with Gasteiger partial charge in [-0.2, -0.15) is 5.10 Å². The van der Waals surface area contributed by atoms with Gasteiger partial charge in [0.1, 0.15) is 0 Å². The zero-order valence-corrected chi connectivity index (χ0v) is 12.4. The number of aryl methyl sites for hydroxylation is 2. The van der Waals surface area contributed by atoms with Crippen molar-refractivity contribution in [2.24, 2.45) is 10.8 Å². The quantitative estimate of drug-likeness (QED) is 0.174. The molecule has 0 saturated heterocycles. The highest BCUT2D eigenvalue weighted by atomic mass is 16.5. The monoisotopic (exact) mass is 282 g/mol. The number of aromatic amines is 1. The fourth-order valence-electron chi connectivity index (χ4n) is 1.77. The first-order valence-electron chi connectivity index (χ1n) is 7.09. The van der Waals surface area contributed by atoms with Gasteiger partial charge in [-0.1, -0.05) is 0 Å². The molecule has 20 heavy (non-hydrogen) atoms. The molecule has 0 aliphatic heterocycles. The maximum Gasteiger partial charge on any atom is 0.205 e. The third kappa shape index (κ3) is 6.53. The number of guanidine groups is 1. The minimum Gasteiger partial charge on any atom is -0.382 e. The number of aromatic nitrogens is 2. The zero-order chi connectivity index (χ0) is 14.6. The van der Waals surface area contributed by atoms with E-state index in [1.54, 1.807) is 0 Å². The van der Waals surface area contributed by atoms with Gasteiger partial charge in [0, 0.05) is 32.0 Å². The second-order valence-electron chi connectivity index (χ2n) is 4.48. The van der Waals surface area contributed by atoms with Crippen molar-refractivity contribution in [1.82, 2.24) is 20.9 Å². The molecule has 0 fully saturated rings. The van der Waals surface area contributed by atoms with E-state index in [4.69, 9.17) is 10.6 Å². The molecule has 7 nitrogen and oxygen atoms in total. The third-order valence-electron chi connectivity index (χ3n) is 2.91. The average molecular weight is 282 g/mol. The molecule has 0 bridgehead atoms. The Morgan fingerprint density at radius 2 is 2.35 bits per heavy atom. The lowest BCUT2D eigenvalue weighted by Gasteiger charge is -2.09. The van der Waals surface area contributed by atoms with Crippen molar-refractivity contribution < 1.29 is 4.74 Å². The van der Waals surface area contributed by atoms with Gasteiger partial charge in [0.2, 0.25) is 5.96 Å². The van der Waals surface area contributed by atoms with Crippen LogP contribution in [0.3, 0.4) is 0 Å². The predicted octanol–water partition coefficient (Wildman–Crippen LogP) is 0.486. The molecule has 0 amide bonds. The predicted molar refractivity (Wildman–Crippen MR) is 80.4 cm³/mol. The van der Waals surface area contributed by atoms with E-state index in [1.165, 1.54) is 5.56 Å². The van der Waals surface area contributed by atoms with Crippen molar-refractivity contribution >= 4 is 5.96 Å². The SMILES string of the molecule is CCOCCCNC(=NCCCc1cn[nH]c1C)NN. The number of nitrogens with two attached hydrogens (primary N) is 1. The highest BCUT2D eigenvalue weighted by Gasteiger charge is 2.00. The van der Waals surface area contributed by atoms with Gasteiger partial charge in [-0.25, -0.2) is 5.84 Å². The first-order valence-corrected chi connectivity index (χ1v) is 7.09.